The van der Waals surface area contributed by atoms with Gasteiger partial charge in [-0.1, -0.05) is 38.3 Å². The topological polar surface area (TPSA) is 0 Å². The van der Waals surface area contributed by atoms with E-state index in [2.05, 4.69) is 25.6 Å². The summed E-state index contributed by atoms with van der Waals surface area (Å²) in [5.74, 6) is 4.13. The average molecular weight is 383 g/mol. The first-order valence-electron chi connectivity index (χ1n) is 12.1. The van der Waals surface area contributed by atoms with Crippen molar-refractivity contribution < 1.29 is 4.39 Å². The second-order valence-corrected chi connectivity index (χ2v) is 10.1. The van der Waals surface area contributed by atoms with E-state index in [0.717, 1.165) is 36.2 Å². The Morgan fingerprint density at radius 2 is 1.82 bits per heavy atom. The predicted octanol–water partition coefficient (Wildman–Crippen LogP) is 8.00. The molecule has 3 aliphatic rings. The summed E-state index contributed by atoms with van der Waals surface area (Å²) in [4.78, 5) is 0. The Kier molecular flexibility index (Phi) is 6.59. The number of fused-ring (bicyclic) bond motifs is 2. The molecule has 0 saturated heterocycles. The van der Waals surface area contributed by atoms with E-state index in [9.17, 15) is 4.39 Å². The van der Waals surface area contributed by atoms with Crippen LogP contribution in [0.3, 0.4) is 0 Å². The van der Waals surface area contributed by atoms with Crippen molar-refractivity contribution in [3.8, 4) is 0 Å². The molecule has 2 saturated carbocycles. The van der Waals surface area contributed by atoms with E-state index in [1.807, 2.05) is 6.07 Å². The van der Waals surface area contributed by atoms with Crippen molar-refractivity contribution in [2.75, 3.05) is 0 Å². The molecule has 1 aromatic rings. The minimum Gasteiger partial charge on any atom is -0.207 e. The molecule has 0 amide bonds. The van der Waals surface area contributed by atoms with Crippen molar-refractivity contribution in [3.05, 3.63) is 47.3 Å². The van der Waals surface area contributed by atoms with Crippen LogP contribution in [-0.2, 0) is 12.8 Å². The van der Waals surface area contributed by atoms with Crippen molar-refractivity contribution in [2.24, 2.45) is 23.7 Å². The molecule has 0 spiro atoms. The first-order chi connectivity index (χ1) is 13.7. The highest BCUT2D eigenvalue weighted by Gasteiger charge is 2.36. The van der Waals surface area contributed by atoms with Crippen molar-refractivity contribution >= 4 is 0 Å². The standard InChI is InChI=1S/C27H39F/c1-3-5-7-20-8-10-22-16-23(13-12-21(22)14-20)25-17-24-11-9-19(6-4-2)15-26(24)27(28)18-25/h3,17-23H,1,4-16H2,2H3. The summed E-state index contributed by atoms with van der Waals surface area (Å²) >= 11 is 0. The van der Waals surface area contributed by atoms with Crippen LogP contribution in [-0.4, -0.2) is 0 Å². The van der Waals surface area contributed by atoms with Gasteiger partial charge in [-0.3, -0.25) is 0 Å². The lowest BCUT2D eigenvalue weighted by Crippen LogP contribution is -2.30. The van der Waals surface area contributed by atoms with Crippen LogP contribution < -0.4 is 0 Å². The van der Waals surface area contributed by atoms with Crippen LogP contribution in [0.4, 0.5) is 4.39 Å². The summed E-state index contributed by atoms with van der Waals surface area (Å²) in [6.45, 7) is 6.14. The molecule has 0 bridgehead atoms. The maximum atomic E-state index is 15.0. The third-order valence-corrected chi connectivity index (χ3v) is 8.29. The molecule has 0 nitrogen and oxygen atoms in total. The molecule has 1 aromatic carbocycles. The normalized spacial score (nSPS) is 32.4. The molecular weight excluding hydrogens is 343 g/mol. The lowest BCUT2D eigenvalue weighted by molar-refractivity contribution is 0.115. The molecule has 1 heteroatoms. The number of aryl methyl sites for hydroxylation is 1. The first-order valence-corrected chi connectivity index (χ1v) is 12.1. The SMILES string of the molecule is C=CCCC1CCC2CC(c3cc(F)c4c(c3)CCC(CCC)C4)CCC2C1. The van der Waals surface area contributed by atoms with Crippen molar-refractivity contribution in [3.63, 3.8) is 0 Å². The zero-order valence-corrected chi connectivity index (χ0v) is 17.9. The number of hydrogen-bond acceptors (Lipinski definition) is 0. The highest BCUT2D eigenvalue weighted by Crippen LogP contribution is 2.49. The van der Waals surface area contributed by atoms with Crippen molar-refractivity contribution in [1.29, 1.82) is 0 Å². The summed E-state index contributed by atoms with van der Waals surface area (Å²) in [7, 11) is 0. The molecule has 3 aliphatic carbocycles. The Bertz CT molecular complexity index is 675. The van der Waals surface area contributed by atoms with Gasteiger partial charge in [-0.05, 0) is 117 Å². The molecule has 5 atom stereocenters. The van der Waals surface area contributed by atoms with Crippen LogP contribution in [0.15, 0.2) is 24.8 Å². The number of benzene rings is 1. The van der Waals surface area contributed by atoms with Crippen LogP contribution in [0.1, 0.15) is 100 Å². The van der Waals surface area contributed by atoms with Gasteiger partial charge in [0, 0.05) is 0 Å². The van der Waals surface area contributed by atoms with Crippen LogP contribution in [0.25, 0.3) is 0 Å². The van der Waals surface area contributed by atoms with Gasteiger partial charge in [-0.15, -0.1) is 6.58 Å². The maximum absolute atomic E-state index is 15.0. The van der Waals surface area contributed by atoms with E-state index in [1.54, 1.807) is 0 Å². The van der Waals surface area contributed by atoms with Gasteiger partial charge in [0.25, 0.3) is 0 Å². The largest absolute Gasteiger partial charge is 0.207 e. The molecule has 4 rings (SSSR count). The molecule has 0 N–H and O–H groups in total. The van der Waals surface area contributed by atoms with Gasteiger partial charge in [-0.25, -0.2) is 4.39 Å². The Morgan fingerprint density at radius 3 is 2.64 bits per heavy atom. The molecule has 154 valence electrons. The van der Waals surface area contributed by atoms with E-state index in [-0.39, 0.29) is 5.82 Å². The fourth-order valence-corrected chi connectivity index (χ4v) is 6.71. The highest BCUT2D eigenvalue weighted by molar-refractivity contribution is 5.37. The zero-order valence-electron chi connectivity index (χ0n) is 17.9. The fraction of sp³-hybridized carbons (Fsp3) is 0.704. The smallest absolute Gasteiger partial charge is 0.126 e. The second kappa shape index (κ2) is 9.14. The quantitative estimate of drug-likeness (QED) is 0.437. The van der Waals surface area contributed by atoms with Gasteiger partial charge in [0.2, 0.25) is 0 Å². The molecule has 0 aliphatic heterocycles. The molecule has 0 aromatic heterocycles. The van der Waals surface area contributed by atoms with Gasteiger partial charge in [0.15, 0.2) is 0 Å². The average Bonchev–Trinajstić information content (AvgIpc) is 2.72. The van der Waals surface area contributed by atoms with Gasteiger partial charge in [0.05, 0.1) is 0 Å². The van der Waals surface area contributed by atoms with E-state index in [4.69, 9.17) is 0 Å². The second-order valence-electron chi connectivity index (χ2n) is 10.1. The van der Waals surface area contributed by atoms with Gasteiger partial charge >= 0.3 is 0 Å². The fourth-order valence-electron chi connectivity index (χ4n) is 6.71. The molecule has 0 heterocycles. The molecule has 0 radical (unpaired) electrons. The van der Waals surface area contributed by atoms with Gasteiger partial charge < -0.3 is 0 Å². The van der Waals surface area contributed by atoms with Crippen LogP contribution in [0.2, 0.25) is 0 Å². The zero-order chi connectivity index (χ0) is 19.5. The van der Waals surface area contributed by atoms with Crippen molar-refractivity contribution in [1.82, 2.24) is 0 Å². The van der Waals surface area contributed by atoms with Crippen molar-refractivity contribution in [2.45, 2.75) is 96.3 Å². The number of halogens is 1. The third-order valence-electron chi connectivity index (χ3n) is 8.29. The van der Waals surface area contributed by atoms with E-state index in [1.165, 1.54) is 81.8 Å². The van der Waals surface area contributed by atoms with Crippen LogP contribution in [0.5, 0.6) is 0 Å². The third kappa shape index (κ3) is 4.39. The summed E-state index contributed by atoms with van der Waals surface area (Å²) in [6.07, 6.45) is 18.5. The van der Waals surface area contributed by atoms with Gasteiger partial charge in [-0.2, -0.15) is 0 Å². The molecule has 2 fully saturated rings. The number of rotatable bonds is 6. The summed E-state index contributed by atoms with van der Waals surface area (Å²) < 4.78 is 15.0. The van der Waals surface area contributed by atoms with Crippen LogP contribution >= 0.6 is 0 Å². The minimum atomic E-state index is 0.101. The summed E-state index contributed by atoms with van der Waals surface area (Å²) in [6, 6.07) is 4.33. The first kappa shape index (κ1) is 20.2. The van der Waals surface area contributed by atoms with E-state index < -0.39 is 0 Å². The van der Waals surface area contributed by atoms with Gasteiger partial charge in [0.1, 0.15) is 5.82 Å². The highest BCUT2D eigenvalue weighted by atomic mass is 19.1. The van der Waals surface area contributed by atoms with E-state index in [0.29, 0.717) is 11.8 Å². The summed E-state index contributed by atoms with van der Waals surface area (Å²) in [5, 5.41) is 0. The number of allylic oxidation sites excluding steroid dienone is 1. The lowest BCUT2D eigenvalue weighted by Gasteiger charge is -2.42. The Hall–Kier alpha value is -1.11. The lowest BCUT2D eigenvalue weighted by atomic mass is 9.63. The Labute approximate surface area is 172 Å². The minimum absolute atomic E-state index is 0.101. The number of hydrogen-bond donors (Lipinski definition) is 0. The molecule has 5 unspecified atom stereocenters. The maximum Gasteiger partial charge on any atom is 0.126 e. The molecule has 28 heavy (non-hydrogen) atoms. The predicted molar refractivity (Wildman–Crippen MR) is 117 cm³/mol. The van der Waals surface area contributed by atoms with Crippen LogP contribution in [0, 0.1) is 29.5 Å². The monoisotopic (exact) mass is 382 g/mol. The molecular formula is C27H39F. The van der Waals surface area contributed by atoms with E-state index >= 15 is 0 Å². The Morgan fingerprint density at radius 1 is 1.00 bits per heavy atom. The summed E-state index contributed by atoms with van der Waals surface area (Å²) in [5.41, 5.74) is 3.69. The Balaban J connectivity index is 1.41.